The summed E-state index contributed by atoms with van der Waals surface area (Å²) in [6, 6.07) is 45.7. The minimum absolute atomic E-state index is 0.662. The van der Waals surface area contributed by atoms with Gasteiger partial charge in [0, 0.05) is 21.5 Å². The van der Waals surface area contributed by atoms with Gasteiger partial charge in [-0.25, -0.2) is 4.85 Å². The molecule has 0 atom stereocenters. The Bertz CT molecular complexity index is 3230. The highest BCUT2D eigenvalue weighted by Gasteiger charge is 2.26. The van der Waals surface area contributed by atoms with Gasteiger partial charge < -0.3 is 8.80 Å². The Hall–Kier alpha value is -6.44. The van der Waals surface area contributed by atoms with Crippen molar-refractivity contribution in [3.8, 4) is 28.3 Å². The van der Waals surface area contributed by atoms with E-state index in [0.717, 1.165) is 33.4 Å². The van der Waals surface area contributed by atoms with Gasteiger partial charge in [0.1, 0.15) is 0 Å². The molecule has 0 aliphatic heterocycles. The highest BCUT2D eigenvalue weighted by Crippen LogP contribution is 2.51. The highest BCUT2D eigenvalue weighted by molar-refractivity contribution is 7.27. The first-order valence-corrected chi connectivity index (χ1v) is 18.8. The summed E-state index contributed by atoms with van der Waals surface area (Å²) in [6.07, 6.45) is 0. The van der Waals surface area contributed by atoms with Crippen LogP contribution < -0.4 is 0 Å². The number of benzene rings is 7. The van der Waals surface area contributed by atoms with Crippen molar-refractivity contribution in [2.75, 3.05) is 0 Å². The zero-order valence-electron chi connectivity index (χ0n) is 28.2. The average molecular weight is 699 g/mol. The van der Waals surface area contributed by atoms with Crippen molar-refractivity contribution >= 4 is 102 Å². The van der Waals surface area contributed by atoms with Crippen LogP contribution in [-0.4, -0.2) is 8.80 Å². The van der Waals surface area contributed by atoms with E-state index in [2.05, 4.69) is 131 Å². The van der Waals surface area contributed by atoms with Gasteiger partial charge in [-0.3, -0.25) is 0 Å². The number of nitrogens with zero attached hydrogens (tertiary/aromatic N) is 4. The third-order valence-corrected chi connectivity index (χ3v) is 13.1. The number of hydrogen-bond acceptors (Lipinski definition) is 3. The molecule has 0 saturated carbocycles. The lowest BCUT2D eigenvalue weighted by Gasteiger charge is -2.11. The molecule has 0 N–H and O–H groups in total. The normalized spacial score (nSPS) is 12.0. The lowest BCUT2D eigenvalue weighted by atomic mass is 9.97. The van der Waals surface area contributed by atoms with Crippen molar-refractivity contribution in [2.45, 2.75) is 13.8 Å². The number of nitriles is 1. The molecule has 242 valence electrons. The third-order valence-electron chi connectivity index (χ3n) is 10.8. The second kappa shape index (κ2) is 10.5. The molecule has 11 aromatic rings. The van der Waals surface area contributed by atoms with Crippen molar-refractivity contribution in [2.24, 2.45) is 0 Å². The molecular weight excluding hydrogens is 673 g/mol. The standard InChI is InChI=1S/C46H26N4S2/c1-25-20-27(24-47)12-16-31(25)28-13-18-35-33(22-28)41-43-46(52-39-10-6-4-8-37(39)49(35)43)42-34-23-29(32-17-15-30(48-3)21-26(32)2)14-19-36(34)50-38-9-5-7-11-40(38)51-45(41)44(42)50/h4-23H,1-2H3. The average Bonchev–Trinajstić information content (AvgIpc) is 3.71. The monoisotopic (exact) mass is 698 g/mol. The Morgan fingerprint density at radius 2 is 1.10 bits per heavy atom. The summed E-state index contributed by atoms with van der Waals surface area (Å²) in [5, 5.41) is 14.6. The van der Waals surface area contributed by atoms with Crippen LogP contribution in [0.25, 0.3) is 101 Å². The van der Waals surface area contributed by atoms with Gasteiger partial charge in [0.15, 0.2) is 5.69 Å². The quantitative estimate of drug-likeness (QED) is 0.131. The third kappa shape index (κ3) is 3.83. The van der Waals surface area contributed by atoms with Crippen molar-refractivity contribution in [1.82, 2.24) is 8.80 Å². The van der Waals surface area contributed by atoms with E-state index in [9.17, 15) is 5.26 Å². The molecule has 4 heterocycles. The lowest BCUT2D eigenvalue weighted by Crippen LogP contribution is -1.91. The van der Waals surface area contributed by atoms with Crippen LogP contribution in [0, 0.1) is 31.8 Å². The first kappa shape index (κ1) is 29.3. The zero-order chi connectivity index (χ0) is 34.8. The van der Waals surface area contributed by atoms with Crippen molar-refractivity contribution in [3.05, 3.63) is 149 Å². The van der Waals surface area contributed by atoms with Gasteiger partial charge in [0.2, 0.25) is 0 Å². The van der Waals surface area contributed by atoms with Crippen LogP contribution >= 0.6 is 22.7 Å². The van der Waals surface area contributed by atoms with Crippen molar-refractivity contribution in [3.63, 3.8) is 0 Å². The van der Waals surface area contributed by atoms with Gasteiger partial charge in [0.05, 0.1) is 70.1 Å². The van der Waals surface area contributed by atoms with E-state index in [-0.39, 0.29) is 0 Å². The van der Waals surface area contributed by atoms with Gasteiger partial charge in [-0.05, 0) is 102 Å². The molecule has 0 spiro atoms. The fourth-order valence-electron chi connectivity index (χ4n) is 8.52. The molecule has 0 radical (unpaired) electrons. The second-order valence-corrected chi connectivity index (χ2v) is 15.7. The predicted molar refractivity (Wildman–Crippen MR) is 220 cm³/mol. The fourth-order valence-corrected chi connectivity index (χ4v) is 11.0. The number of fused-ring (bicyclic) bond motifs is 12. The van der Waals surface area contributed by atoms with E-state index in [1.807, 2.05) is 46.9 Å². The second-order valence-electron chi connectivity index (χ2n) is 13.6. The number of para-hydroxylation sites is 2. The van der Waals surface area contributed by atoms with E-state index >= 15 is 0 Å². The van der Waals surface area contributed by atoms with Crippen LogP contribution in [0.2, 0.25) is 0 Å². The highest BCUT2D eigenvalue weighted by atomic mass is 32.1. The van der Waals surface area contributed by atoms with Crippen molar-refractivity contribution in [1.29, 1.82) is 5.26 Å². The Labute approximate surface area is 306 Å². The van der Waals surface area contributed by atoms with E-state index < -0.39 is 0 Å². The van der Waals surface area contributed by atoms with Crippen LogP contribution in [0.15, 0.2) is 121 Å². The Morgan fingerprint density at radius 3 is 1.60 bits per heavy atom. The maximum absolute atomic E-state index is 9.56. The molecule has 4 aromatic heterocycles. The van der Waals surface area contributed by atoms with Gasteiger partial charge in [0.25, 0.3) is 0 Å². The Kier molecular flexibility index (Phi) is 5.94. The summed E-state index contributed by atoms with van der Waals surface area (Å²) in [5.74, 6) is 0. The molecule has 11 rings (SSSR count). The Morgan fingerprint density at radius 1 is 0.577 bits per heavy atom. The zero-order valence-corrected chi connectivity index (χ0v) is 29.8. The number of aryl methyl sites for hydroxylation is 2. The SMILES string of the molecule is [C-]#[N+]c1ccc(-c2ccc3c(c2)c2c4sc5ccccc5n5c6ccc(-c7ccc(C#N)cc7C)cc6c(c6sc7ccccc7n3c62)c45)c(C)c1. The van der Waals surface area contributed by atoms with E-state index in [1.165, 1.54) is 73.4 Å². The lowest BCUT2D eigenvalue weighted by molar-refractivity contribution is 1.35. The van der Waals surface area contributed by atoms with Crippen LogP contribution in [0.4, 0.5) is 5.69 Å². The van der Waals surface area contributed by atoms with Crippen LogP contribution in [0.1, 0.15) is 16.7 Å². The van der Waals surface area contributed by atoms with Gasteiger partial charge in [-0.1, -0.05) is 66.2 Å². The minimum atomic E-state index is 0.662. The smallest absolute Gasteiger partial charge is 0.187 e. The molecular formula is C46H26N4S2. The summed E-state index contributed by atoms with van der Waals surface area (Å²) in [7, 11) is 0. The van der Waals surface area contributed by atoms with Crippen LogP contribution in [0.3, 0.4) is 0 Å². The van der Waals surface area contributed by atoms with Gasteiger partial charge in [-0.15, -0.1) is 22.7 Å². The molecule has 0 amide bonds. The molecule has 4 nitrogen and oxygen atoms in total. The molecule has 52 heavy (non-hydrogen) atoms. The molecule has 0 saturated heterocycles. The fraction of sp³-hybridized carbons (Fsp3) is 0.0435. The number of aromatic nitrogens is 2. The summed E-state index contributed by atoms with van der Waals surface area (Å²) in [4.78, 5) is 3.67. The van der Waals surface area contributed by atoms with E-state index in [0.29, 0.717) is 11.3 Å². The summed E-state index contributed by atoms with van der Waals surface area (Å²) < 4.78 is 10.0. The van der Waals surface area contributed by atoms with E-state index in [4.69, 9.17) is 6.57 Å². The van der Waals surface area contributed by atoms with Crippen molar-refractivity contribution < 1.29 is 0 Å². The molecule has 0 unspecified atom stereocenters. The largest absolute Gasteiger partial charge is 0.306 e. The summed E-state index contributed by atoms with van der Waals surface area (Å²) in [5.41, 5.74) is 15.4. The first-order chi connectivity index (χ1) is 25.5. The summed E-state index contributed by atoms with van der Waals surface area (Å²) >= 11 is 3.76. The maximum atomic E-state index is 9.56. The van der Waals surface area contributed by atoms with Gasteiger partial charge in [-0.2, -0.15) is 5.26 Å². The molecule has 0 bridgehead atoms. The maximum Gasteiger partial charge on any atom is 0.187 e. The number of hydrogen-bond donors (Lipinski definition) is 0. The molecule has 0 aliphatic rings. The number of rotatable bonds is 2. The molecule has 7 aromatic carbocycles. The summed E-state index contributed by atoms with van der Waals surface area (Å²) in [6.45, 7) is 11.7. The topological polar surface area (TPSA) is 37.0 Å². The molecule has 0 aliphatic carbocycles. The van der Waals surface area contributed by atoms with Crippen LogP contribution in [0.5, 0.6) is 0 Å². The molecule has 0 fully saturated rings. The molecule has 6 heteroatoms. The predicted octanol–water partition coefficient (Wildman–Crippen LogP) is 13.6. The Balaban J connectivity index is 1.37. The van der Waals surface area contributed by atoms with E-state index in [1.54, 1.807) is 0 Å². The van der Waals surface area contributed by atoms with Crippen LogP contribution in [-0.2, 0) is 0 Å². The first-order valence-electron chi connectivity index (χ1n) is 17.2. The van der Waals surface area contributed by atoms with Gasteiger partial charge >= 0.3 is 0 Å². The minimum Gasteiger partial charge on any atom is -0.306 e.